The van der Waals surface area contributed by atoms with Gasteiger partial charge in [-0.2, -0.15) is 0 Å². The normalized spacial score (nSPS) is 20.2. The van der Waals surface area contributed by atoms with Crippen LogP contribution in [0.15, 0.2) is 17.1 Å². The van der Waals surface area contributed by atoms with Crippen molar-refractivity contribution in [2.24, 2.45) is 10.9 Å². The fraction of sp³-hybridized carbons (Fsp3) is 0.571. The third-order valence-electron chi connectivity index (χ3n) is 5.39. The number of aliphatic imine (C=N–C) groups is 1. The lowest BCUT2D eigenvalue weighted by atomic mass is 9.80. The van der Waals surface area contributed by atoms with Crippen LogP contribution in [0.2, 0.25) is 0 Å². The summed E-state index contributed by atoms with van der Waals surface area (Å²) in [7, 11) is 0. The minimum Gasteiger partial charge on any atom is -0.299 e. The molecule has 0 unspecified atom stereocenters. The standard InChI is InChI=1S/C21H27NO2/c1-14-9-16-12-21(2,3)22-19(18(16)10-17(14)13-23)11-20(24)15-7-5-4-6-8-15/h9-10,13,15H,4-8,11-12H2,1-3H3. The highest BCUT2D eigenvalue weighted by molar-refractivity contribution is 6.13. The van der Waals surface area contributed by atoms with E-state index in [-0.39, 0.29) is 11.5 Å². The molecule has 1 aliphatic carbocycles. The van der Waals surface area contributed by atoms with E-state index in [1.54, 1.807) is 0 Å². The summed E-state index contributed by atoms with van der Waals surface area (Å²) >= 11 is 0. The Kier molecular flexibility index (Phi) is 4.71. The van der Waals surface area contributed by atoms with Gasteiger partial charge in [0.05, 0.1) is 11.3 Å². The Morgan fingerprint density at radius 1 is 1.25 bits per heavy atom. The van der Waals surface area contributed by atoms with E-state index in [2.05, 4.69) is 19.9 Å². The Bertz CT molecular complexity index is 694. The molecule has 0 N–H and O–H groups in total. The van der Waals surface area contributed by atoms with Crippen molar-refractivity contribution < 1.29 is 9.59 Å². The molecule has 0 bridgehead atoms. The lowest BCUT2D eigenvalue weighted by Gasteiger charge is -2.30. The monoisotopic (exact) mass is 325 g/mol. The summed E-state index contributed by atoms with van der Waals surface area (Å²) in [6, 6.07) is 4.03. The van der Waals surface area contributed by atoms with Crippen LogP contribution in [0.4, 0.5) is 0 Å². The summed E-state index contributed by atoms with van der Waals surface area (Å²) in [5.41, 5.74) is 4.60. The topological polar surface area (TPSA) is 46.5 Å². The van der Waals surface area contributed by atoms with E-state index < -0.39 is 0 Å². The second kappa shape index (κ2) is 6.62. The number of benzene rings is 1. The minimum absolute atomic E-state index is 0.190. The molecule has 128 valence electrons. The molecule has 0 spiro atoms. The van der Waals surface area contributed by atoms with Gasteiger partial charge in [-0.1, -0.05) is 25.3 Å². The molecule has 2 aliphatic rings. The number of carbonyl (C=O) groups excluding carboxylic acids is 2. The summed E-state index contributed by atoms with van der Waals surface area (Å²) in [6.07, 6.45) is 7.79. The smallest absolute Gasteiger partial charge is 0.150 e. The van der Waals surface area contributed by atoms with Crippen LogP contribution in [0.25, 0.3) is 0 Å². The van der Waals surface area contributed by atoms with Gasteiger partial charge in [0.1, 0.15) is 12.1 Å². The van der Waals surface area contributed by atoms with Crippen LogP contribution in [0.5, 0.6) is 0 Å². The predicted molar refractivity (Wildman–Crippen MR) is 97.1 cm³/mol. The molecular weight excluding hydrogens is 298 g/mol. The second-order valence-corrected chi connectivity index (χ2v) is 8.01. The van der Waals surface area contributed by atoms with E-state index >= 15 is 0 Å². The van der Waals surface area contributed by atoms with Gasteiger partial charge in [0, 0.05) is 17.9 Å². The van der Waals surface area contributed by atoms with Gasteiger partial charge in [-0.15, -0.1) is 0 Å². The predicted octanol–water partition coefficient (Wildman–Crippen LogP) is 4.47. The third-order valence-corrected chi connectivity index (χ3v) is 5.39. The van der Waals surface area contributed by atoms with Gasteiger partial charge in [0.15, 0.2) is 0 Å². The third kappa shape index (κ3) is 3.50. The van der Waals surface area contributed by atoms with Crippen LogP contribution in [-0.2, 0) is 11.2 Å². The first-order valence-electron chi connectivity index (χ1n) is 9.10. The molecule has 1 saturated carbocycles. The van der Waals surface area contributed by atoms with Crippen LogP contribution in [0, 0.1) is 12.8 Å². The van der Waals surface area contributed by atoms with Gasteiger partial charge in [0.2, 0.25) is 0 Å². The summed E-state index contributed by atoms with van der Waals surface area (Å²) in [5.74, 6) is 0.524. The Hall–Kier alpha value is -1.77. The molecular formula is C21H27NO2. The number of hydrogen-bond donors (Lipinski definition) is 0. The molecule has 3 nitrogen and oxygen atoms in total. The van der Waals surface area contributed by atoms with Crippen LogP contribution in [0.1, 0.15) is 79.4 Å². The number of ketones is 1. The van der Waals surface area contributed by atoms with Gasteiger partial charge in [-0.3, -0.25) is 14.6 Å². The summed E-state index contributed by atoms with van der Waals surface area (Å²) < 4.78 is 0. The zero-order valence-electron chi connectivity index (χ0n) is 15.0. The highest BCUT2D eigenvalue weighted by Gasteiger charge is 2.30. The molecule has 0 radical (unpaired) electrons. The van der Waals surface area contributed by atoms with E-state index in [0.717, 1.165) is 42.4 Å². The molecule has 3 rings (SSSR count). The number of carbonyl (C=O) groups is 2. The van der Waals surface area contributed by atoms with Crippen LogP contribution in [-0.4, -0.2) is 23.3 Å². The molecule has 0 amide bonds. The van der Waals surface area contributed by atoms with E-state index in [1.165, 1.54) is 24.8 Å². The molecule has 24 heavy (non-hydrogen) atoms. The molecule has 1 aliphatic heterocycles. The van der Waals surface area contributed by atoms with Gasteiger partial charge in [-0.05, 0) is 62.8 Å². The Morgan fingerprint density at radius 2 is 1.96 bits per heavy atom. The van der Waals surface area contributed by atoms with Crippen LogP contribution >= 0.6 is 0 Å². The van der Waals surface area contributed by atoms with Gasteiger partial charge < -0.3 is 0 Å². The second-order valence-electron chi connectivity index (χ2n) is 8.01. The van der Waals surface area contributed by atoms with Crippen molar-refractivity contribution in [3.63, 3.8) is 0 Å². The Morgan fingerprint density at radius 3 is 2.62 bits per heavy atom. The Labute approximate surface area is 144 Å². The summed E-state index contributed by atoms with van der Waals surface area (Å²) in [6.45, 7) is 6.20. The highest BCUT2D eigenvalue weighted by atomic mass is 16.1. The van der Waals surface area contributed by atoms with Gasteiger partial charge in [0.25, 0.3) is 0 Å². The van der Waals surface area contributed by atoms with E-state index in [4.69, 9.17) is 4.99 Å². The Balaban J connectivity index is 1.92. The van der Waals surface area contributed by atoms with Gasteiger partial charge >= 0.3 is 0 Å². The lowest BCUT2D eigenvalue weighted by molar-refractivity contribution is -0.122. The minimum atomic E-state index is -0.190. The molecule has 0 atom stereocenters. The molecule has 0 aromatic heterocycles. The molecule has 1 aromatic carbocycles. The lowest BCUT2D eigenvalue weighted by Crippen LogP contribution is -2.31. The first-order valence-corrected chi connectivity index (χ1v) is 9.10. The number of nitrogens with zero attached hydrogens (tertiary/aromatic N) is 1. The summed E-state index contributed by atoms with van der Waals surface area (Å²) in [5, 5.41) is 0. The fourth-order valence-corrected chi connectivity index (χ4v) is 4.13. The number of Topliss-reactive ketones (excluding diaryl/α,β-unsaturated/α-hetero) is 1. The molecule has 3 heteroatoms. The van der Waals surface area contributed by atoms with E-state index in [9.17, 15) is 9.59 Å². The number of hydrogen-bond acceptors (Lipinski definition) is 3. The first kappa shape index (κ1) is 17.1. The summed E-state index contributed by atoms with van der Waals surface area (Å²) in [4.78, 5) is 28.9. The van der Waals surface area contributed by atoms with Crippen molar-refractivity contribution in [3.8, 4) is 0 Å². The van der Waals surface area contributed by atoms with Crippen molar-refractivity contribution in [1.82, 2.24) is 0 Å². The number of aldehydes is 1. The fourth-order valence-electron chi connectivity index (χ4n) is 4.13. The van der Waals surface area contributed by atoms with Crippen LogP contribution < -0.4 is 0 Å². The number of rotatable bonds is 4. The molecule has 1 heterocycles. The maximum atomic E-state index is 12.8. The SMILES string of the molecule is Cc1cc2c(cc1C=O)C(CC(=O)C1CCCCC1)=NC(C)(C)C2. The number of aryl methyl sites for hydroxylation is 1. The zero-order chi connectivity index (χ0) is 17.3. The van der Waals surface area contributed by atoms with Crippen molar-refractivity contribution in [2.75, 3.05) is 0 Å². The molecule has 0 saturated heterocycles. The quantitative estimate of drug-likeness (QED) is 0.767. The zero-order valence-corrected chi connectivity index (χ0v) is 15.0. The van der Waals surface area contributed by atoms with E-state index in [0.29, 0.717) is 17.8 Å². The average molecular weight is 325 g/mol. The van der Waals surface area contributed by atoms with E-state index in [1.807, 2.05) is 13.0 Å². The van der Waals surface area contributed by atoms with Gasteiger partial charge in [-0.25, -0.2) is 0 Å². The largest absolute Gasteiger partial charge is 0.299 e. The highest BCUT2D eigenvalue weighted by Crippen LogP contribution is 2.32. The maximum Gasteiger partial charge on any atom is 0.150 e. The van der Waals surface area contributed by atoms with Crippen LogP contribution in [0.3, 0.4) is 0 Å². The van der Waals surface area contributed by atoms with Crippen molar-refractivity contribution >= 4 is 17.8 Å². The van der Waals surface area contributed by atoms with Crippen molar-refractivity contribution in [3.05, 3.63) is 34.4 Å². The van der Waals surface area contributed by atoms with Crippen molar-refractivity contribution in [1.29, 1.82) is 0 Å². The number of fused-ring (bicyclic) bond motifs is 1. The maximum absolute atomic E-state index is 12.8. The molecule has 1 aromatic rings. The average Bonchev–Trinajstić information content (AvgIpc) is 2.54. The van der Waals surface area contributed by atoms with Crippen molar-refractivity contribution in [2.45, 2.75) is 71.3 Å². The first-order chi connectivity index (χ1) is 11.4. The molecule has 1 fully saturated rings.